The van der Waals surface area contributed by atoms with E-state index < -0.39 is 0 Å². The number of hydrogen-bond donors (Lipinski definition) is 0. The number of carbonyl (C=O) groups excluding carboxylic acids is 1. The van der Waals surface area contributed by atoms with Crippen molar-refractivity contribution in [1.82, 2.24) is 4.81 Å². The minimum Gasteiger partial charge on any atom is -0.389 e. The van der Waals surface area contributed by atoms with Gasteiger partial charge in [-0.15, -0.1) is 0 Å². The summed E-state index contributed by atoms with van der Waals surface area (Å²) in [6.07, 6.45) is 1.00. The summed E-state index contributed by atoms with van der Waals surface area (Å²) < 4.78 is 0. The molecule has 1 aliphatic rings. The topological polar surface area (TPSA) is 20.3 Å². The van der Waals surface area contributed by atoms with Gasteiger partial charge >= 0.3 is 0 Å². The maximum absolute atomic E-state index is 11.6. The highest BCUT2D eigenvalue weighted by Gasteiger charge is 2.25. The average Bonchev–Trinajstić information content (AvgIpc) is 2.45. The van der Waals surface area contributed by atoms with Gasteiger partial charge in [-0.2, -0.15) is 0 Å². The van der Waals surface area contributed by atoms with Gasteiger partial charge in [0, 0.05) is 12.1 Å². The van der Waals surface area contributed by atoms with Gasteiger partial charge < -0.3 is 4.81 Å². The van der Waals surface area contributed by atoms with Crippen LogP contribution in [0.4, 0.5) is 0 Å². The lowest BCUT2D eigenvalue weighted by atomic mass is 9.96. The summed E-state index contributed by atoms with van der Waals surface area (Å²) in [5, 5.41) is 0. The summed E-state index contributed by atoms with van der Waals surface area (Å²) in [4.78, 5) is 12.9. The number of nitrogens with zero attached hydrogens (tertiary/aromatic N) is 1. The maximum atomic E-state index is 11.6. The molecule has 0 N–H and O–H groups in total. The molecule has 0 saturated carbocycles. The first-order chi connectivity index (χ1) is 7.09. The van der Waals surface area contributed by atoms with E-state index in [9.17, 15) is 4.79 Å². The van der Waals surface area contributed by atoms with Crippen LogP contribution in [0.15, 0.2) is 18.2 Å². The van der Waals surface area contributed by atoms with Crippen molar-refractivity contribution in [2.24, 2.45) is 5.92 Å². The predicted molar refractivity (Wildman–Crippen MR) is 60.6 cm³/mol. The zero-order chi connectivity index (χ0) is 11.0. The van der Waals surface area contributed by atoms with Gasteiger partial charge in [-0.25, -0.2) is 0 Å². The van der Waals surface area contributed by atoms with Gasteiger partial charge in [0.2, 0.25) is 13.9 Å². The number of hydrogen-bond acceptors (Lipinski definition) is 1. The quantitative estimate of drug-likeness (QED) is 0.666. The van der Waals surface area contributed by atoms with Crippen molar-refractivity contribution in [1.29, 1.82) is 0 Å². The van der Waals surface area contributed by atoms with Gasteiger partial charge in [0.1, 0.15) is 0 Å². The maximum Gasteiger partial charge on any atom is 0.241 e. The number of amides is 1. The molecule has 0 bridgehead atoms. The van der Waals surface area contributed by atoms with Crippen molar-refractivity contribution in [3.05, 3.63) is 34.9 Å². The van der Waals surface area contributed by atoms with Crippen LogP contribution in [0, 0.1) is 5.92 Å². The molecule has 1 heterocycles. The Morgan fingerprint density at radius 1 is 1.47 bits per heavy atom. The largest absolute Gasteiger partial charge is 0.389 e. The summed E-state index contributed by atoms with van der Waals surface area (Å²) in [6, 6.07) is 5.88. The van der Waals surface area contributed by atoms with Crippen molar-refractivity contribution in [2.45, 2.75) is 26.8 Å². The minimum absolute atomic E-state index is 0.0596. The molecule has 0 spiro atoms. The molecule has 1 amide bonds. The smallest absolute Gasteiger partial charge is 0.241 e. The van der Waals surface area contributed by atoms with E-state index >= 15 is 0 Å². The number of carbonyl (C=O) groups is 1. The highest BCUT2D eigenvalue weighted by Crippen LogP contribution is 2.26. The molecular formula is C12H14BNO. The van der Waals surface area contributed by atoms with Crippen molar-refractivity contribution in [3.8, 4) is 0 Å². The Hall–Kier alpha value is -1.25. The van der Waals surface area contributed by atoms with Gasteiger partial charge in [0.05, 0.1) is 0 Å². The molecule has 0 aromatic heterocycles. The molecule has 76 valence electrons. The van der Waals surface area contributed by atoms with Crippen molar-refractivity contribution >= 4 is 13.9 Å². The van der Waals surface area contributed by atoms with Crippen LogP contribution < -0.4 is 0 Å². The van der Waals surface area contributed by atoms with Crippen LogP contribution in [-0.4, -0.2) is 18.7 Å². The number of fused-ring (bicyclic) bond motifs is 1. The van der Waals surface area contributed by atoms with Crippen LogP contribution in [0.1, 0.15) is 35.3 Å². The summed E-state index contributed by atoms with van der Waals surface area (Å²) in [5.74, 6) is 0.536. The van der Waals surface area contributed by atoms with Crippen LogP contribution in [-0.2, 0) is 13.0 Å². The second-order valence-corrected chi connectivity index (χ2v) is 4.47. The van der Waals surface area contributed by atoms with E-state index in [1.54, 1.807) is 0 Å². The molecule has 2 nitrogen and oxygen atoms in total. The number of rotatable bonds is 2. The summed E-state index contributed by atoms with van der Waals surface area (Å²) in [6.45, 7) is 4.91. The first-order valence-corrected chi connectivity index (χ1v) is 5.27. The van der Waals surface area contributed by atoms with E-state index in [0.717, 1.165) is 17.5 Å². The van der Waals surface area contributed by atoms with Crippen LogP contribution >= 0.6 is 0 Å². The molecule has 0 unspecified atom stereocenters. The molecule has 0 aliphatic carbocycles. The summed E-state index contributed by atoms with van der Waals surface area (Å²) >= 11 is 0. The normalized spacial score (nSPS) is 14.9. The molecule has 2 radical (unpaired) electrons. The molecule has 15 heavy (non-hydrogen) atoms. The second kappa shape index (κ2) is 3.72. The van der Waals surface area contributed by atoms with E-state index in [0.29, 0.717) is 12.5 Å². The first kappa shape index (κ1) is 10.3. The fourth-order valence-electron chi connectivity index (χ4n) is 2.05. The Morgan fingerprint density at radius 2 is 2.20 bits per heavy atom. The fourth-order valence-corrected chi connectivity index (χ4v) is 2.05. The Morgan fingerprint density at radius 3 is 2.87 bits per heavy atom. The predicted octanol–water partition coefficient (Wildman–Crippen LogP) is 1.92. The van der Waals surface area contributed by atoms with E-state index in [1.807, 2.05) is 12.1 Å². The van der Waals surface area contributed by atoms with Gasteiger partial charge in [-0.05, 0) is 29.5 Å². The standard InChI is InChI=1S/C12H14BNO/c1-8(2)6-9-4-3-5-10-11(9)7-14(13)12(10)15/h3-5,8H,6-7H2,1-2H3. The fraction of sp³-hybridized carbons (Fsp3) is 0.417. The minimum atomic E-state index is -0.0596. The SMILES string of the molecule is [B]N1Cc2c(CC(C)C)cccc2C1=O. The Balaban J connectivity index is 2.40. The van der Waals surface area contributed by atoms with Crippen molar-refractivity contribution in [3.63, 3.8) is 0 Å². The first-order valence-electron chi connectivity index (χ1n) is 5.27. The molecule has 0 saturated heterocycles. The zero-order valence-electron chi connectivity index (χ0n) is 9.16. The molecule has 2 rings (SSSR count). The summed E-state index contributed by atoms with van der Waals surface area (Å²) in [5.41, 5.74) is 3.14. The van der Waals surface area contributed by atoms with Gasteiger partial charge in [0.25, 0.3) is 0 Å². The lowest BCUT2D eigenvalue weighted by molar-refractivity contribution is 0.0880. The molecule has 1 aromatic carbocycles. The lowest BCUT2D eigenvalue weighted by Gasteiger charge is -2.10. The van der Waals surface area contributed by atoms with Crippen LogP contribution in [0.5, 0.6) is 0 Å². The van der Waals surface area contributed by atoms with E-state index in [4.69, 9.17) is 7.98 Å². The highest BCUT2D eigenvalue weighted by molar-refractivity contribution is 6.20. The third-order valence-electron chi connectivity index (χ3n) is 2.72. The summed E-state index contributed by atoms with van der Waals surface area (Å²) in [7, 11) is 5.61. The lowest BCUT2D eigenvalue weighted by Crippen LogP contribution is -2.19. The number of benzene rings is 1. The molecule has 1 aromatic rings. The van der Waals surface area contributed by atoms with E-state index in [-0.39, 0.29) is 5.91 Å². The Labute approximate surface area is 91.7 Å². The molecule has 3 heteroatoms. The van der Waals surface area contributed by atoms with Crippen LogP contribution in [0.2, 0.25) is 0 Å². The average molecular weight is 199 g/mol. The second-order valence-electron chi connectivity index (χ2n) is 4.47. The molecular weight excluding hydrogens is 185 g/mol. The Kier molecular flexibility index (Phi) is 2.55. The van der Waals surface area contributed by atoms with Gasteiger partial charge in [0.15, 0.2) is 0 Å². The molecule has 1 aliphatic heterocycles. The van der Waals surface area contributed by atoms with Crippen LogP contribution in [0.25, 0.3) is 0 Å². The third-order valence-corrected chi connectivity index (χ3v) is 2.72. The third kappa shape index (κ3) is 1.78. The monoisotopic (exact) mass is 199 g/mol. The molecule has 0 atom stereocenters. The molecule has 0 fully saturated rings. The Bertz CT molecular complexity index is 401. The van der Waals surface area contributed by atoms with E-state index in [1.165, 1.54) is 10.4 Å². The van der Waals surface area contributed by atoms with Crippen molar-refractivity contribution in [2.75, 3.05) is 0 Å². The zero-order valence-corrected chi connectivity index (χ0v) is 9.16. The van der Waals surface area contributed by atoms with Gasteiger partial charge in [-0.3, -0.25) is 4.79 Å². The van der Waals surface area contributed by atoms with Gasteiger partial charge in [-0.1, -0.05) is 26.0 Å². The van der Waals surface area contributed by atoms with Crippen LogP contribution in [0.3, 0.4) is 0 Å². The highest BCUT2D eigenvalue weighted by atomic mass is 16.2. The van der Waals surface area contributed by atoms with E-state index in [2.05, 4.69) is 19.9 Å². The van der Waals surface area contributed by atoms with Crippen molar-refractivity contribution < 1.29 is 4.79 Å².